The van der Waals surface area contributed by atoms with Gasteiger partial charge >= 0.3 is 6.16 Å². The molecule has 0 saturated heterocycles. The Labute approximate surface area is 98.4 Å². The number of carbonyl (C=O) groups is 1. The van der Waals surface area contributed by atoms with Gasteiger partial charge in [0.1, 0.15) is 11.2 Å². The molecule has 0 atom stereocenters. The van der Waals surface area contributed by atoms with Crippen LogP contribution in [0.3, 0.4) is 0 Å². The molecule has 0 aliphatic rings. The molecule has 0 fully saturated rings. The first-order valence-electron chi connectivity index (χ1n) is 4.55. The minimum atomic E-state index is -2.61. The van der Waals surface area contributed by atoms with Crippen molar-refractivity contribution in [2.24, 2.45) is 0 Å². The third-order valence-corrected chi connectivity index (χ3v) is 0.779. The molecule has 0 aliphatic carbocycles. The summed E-state index contributed by atoms with van der Waals surface area (Å²) in [6, 6.07) is 0. The summed E-state index contributed by atoms with van der Waals surface area (Å²) in [5, 5.41) is 0. The maximum atomic E-state index is 11.0. The largest absolute Gasteiger partial charge is 0.509 e. The Balaban J connectivity index is 0. The van der Waals surface area contributed by atoms with E-state index in [1.807, 2.05) is 0 Å². The minimum Gasteiger partial charge on any atom is -0.429 e. The Kier molecular flexibility index (Phi) is 7.56. The first-order chi connectivity index (χ1) is 6.83. The molecule has 0 aromatic carbocycles. The SMILES string of the molecule is CC(C)(C)OC(=O)OC(C)(C)C.O=S(O)O. The van der Waals surface area contributed by atoms with E-state index in [9.17, 15) is 4.79 Å². The monoisotopic (exact) mass is 256 g/mol. The van der Waals surface area contributed by atoms with E-state index in [2.05, 4.69) is 0 Å². The molecule has 0 aromatic rings. The van der Waals surface area contributed by atoms with Crippen LogP contribution in [0.25, 0.3) is 0 Å². The smallest absolute Gasteiger partial charge is 0.429 e. The Bertz CT molecular complexity index is 215. The first kappa shape index (κ1) is 17.7. The molecule has 0 amide bonds. The van der Waals surface area contributed by atoms with E-state index in [1.165, 1.54) is 0 Å². The molecule has 0 aromatic heterocycles. The fraction of sp³-hybridized carbons (Fsp3) is 0.889. The Morgan fingerprint density at radius 2 is 1.12 bits per heavy atom. The van der Waals surface area contributed by atoms with Gasteiger partial charge in [-0.2, -0.15) is 4.21 Å². The molecule has 98 valence electrons. The van der Waals surface area contributed by atoms with Crippen LogP contribution in [0.5, 0.6) is 0 Å². The fourth-order valence-corrected chi connectivity index (χ4v) is 0.521. The number of hydrogen-bond donors (Lipinski definition) is 2. The molecule has 0 aliphatic heterocycles. The van der Waals surface area contributed by atoms with Gasteiger partial charge in [-0.25, -0.2) is 4.79 Å². The molecule has 0 heterocycles. The van der Waals surface area contributed by atoms with E-state index in [-0.39, 0.29) is 0 Å². The number of ether oxygens (including phenoxy) is 2. The molecule has 0 unspecified atom stereocenters. The van der Waals surface area contributed by atoms with Crippen molar-refractivity contribution in [3.63, 3.8) is 0 Å². The second-order valence-corrected chi connectivity index (χ2v) is 5.37. The van der Waals surface area contributed by atoms with Gasteiger partial charge in [0, 0.05) is 0 Å². The van der Waals surface area contributed by atoms with Gasteiger partial charge in [0.05, 0.1) is 0 Å². The Morgan fingerprint density at radius 1 is 0.938 bits per heavy atom. The van der Waals surface area contributed by atoms with Crippen molar-refractivity contribution < 1.29 is 27.6 Å². The Morgan fingerprint density at radius 3 is 1.25 bits per heavy atom. The van der Waals surface area contributed by atoms with Crippen LogP contribution in [-0.4, -0.2) is 30.7 Å². The highest BCUT2D eigenvalue weighted by Gasteiger charge is 2.22. The van der Waals surface area contributed by atoms with Crippen molar-refractivity contribution in [3.8, 4) is 0 Å². The van der Waals surface area contributed by atoms with Crippen LogP contribution in [0.4, 0.5) is 4.79 Å². The van der Waals surface area contributed by atoms with Crippen LogP contribution in [0.2, 0.25) is 0 Å². The zero-order valence-electron chi connectivity index (χ0n) is 10.4. The zero-order valence-corrected chi connectivity index (χ0v) is 11.3. The van der Waals surface area contributed by atoms with Crippen molar-refractivity contribution in [2.75, 3.05) is 0 Å². The average molecular weight is 256 g/mol. The van der Waals surface area contributed by atoms with E-state index in [0.717, 1.165) is 0 Å². The van der Waals surface area contributed by atoms with Gasteiger partial charge in [0.15, 0.2) is 0 Å². The lowest BCUT2D eigenvalue weighted by molar-refractivity contribution is -0.0468. The third kappa shape index (κ3) is 23.3. The summed E-state index contributed by atoms with van der Waals surface area (Å²) in [5.74, 6) is 0. The Hall–Kier alpha value is -0.660. The van der Waals surface area contributed by atoms with E-state index in [4.69, 9.17) is 22.8 Å². The predicted octanol–water partition coefficient (Wildman–Crippen LogP) is 2.42. The van der Waals surface area contributed by atoms with Crippen molar-refractivity contribution in [3.05, 3.63) is 0 Å². The van der Waals surface area contributed by atoms with Gasteiger partial charge < -0.3 is 9.47 Å². The molecule has 7 heteroatoms. The normalized spacial score (nSPS) is 11.6. The molecule has 0 bridgehead atoms. The van der Waals surface area contributed by atoms with Crippen molar-refractivity contribution in [1.29, 1.82) is 0 Å². The average Bonchev–Trinajstić information content (AvgIpc) is 1.72. The first-order valence-corrected chi connectivity index (χ1v) is 5.62. The van der Waals surface area contributed by atoms with E-state index in [0.29, 0.717) is 0 Å². The summed E-state index contributed by atoms with van der Waals surface area (Å²) in [4.78, 5) is 11.0. The van der Waals surface area contributed by atoms with Gasteiger partial charge in [-0.05, 0) is 41.5 Å². The molecule has 0 radical (unpaired) electrons. The van der Waals surface area contributed by atoms with Gasteiger partial charge in [0.2, 0.25) is 0 Å². The highest BCUT2D eigenvalue weighted by Crippen LogP contribution is 2.13. The lowest BCUT2D eigenvalue weighted by Crippen LogP contribution is -2.30. The van der Waals surface area contributed by atoms with Gasteiger partial charge in [-0.1, -0.05) is 0 Å². The van der Waals surface area contributed by atoms with Crippen LogP contribution in [-0.2, 0) is 20.8 Å². The van der Waals surface area contributed by atoms with Crippen LogP contribution in [0.1, 0.15) is 41.5 Å². The highest BCUT2D eigenvalue weighted by molar-refractivity contribution is 7.73. The van der Waals surface area contributed by atoms with Gasteiger partial charge in [-0.15, -0.1) is 0 Å². The maximum absolute atomic E-state index is 11.0. The van der Waals surface area contributed by atoms with Crippen LogP contribution >= 0.6 is 0 Å². The fourth-order valence-electron chi connectivity index (χ4n) is 0.521. The van der Waals surface area contributed by atoms with Gasteiger partial charge in [0.25, 0.3) is 11.4 Å². The summed E-state index contributed by atoms with van der Waals surface area (Å²) >= 11 is -2.61. The van der Waals surface area contributed by atoms with Crippen LogP contribution in [0.15, 0.2) is 0 Å². The van der Waals surface area contributed by atoms with E-state index < -0.39 is 28.7 Å². The predicted molar refractivity (Wildman–Crippen MR) is 60.5 cm³/mol. The summed E-state index contributed by atoms with van der Waals surface area (Å²) in [5.41, 5.74) is -0.968. The molecular formula is C9H20O6S. The zero-order chi connectivity index (χ0) is 13.6. The second-order valence-electron chi connectivity index (χ2n) is 4.91. The van der Waals surface area contributed by atoms with Crippen molar-refractivity contribution >= 4 is 17.5 Å². The van der Waals surface area contributed by atoms with Crippen molar-refractivity contribution in [2.45, 2.75) is 52.7 Å². The lowest BCUT2D eigenvalue weighted by atomic mass is 10.2. The maximum Gasteiger partial charge on any atom is 0.509 e. The lowest BCUT2D eigenvalue weighted by Gasteiger charge is -2.24. The molecule has 16 heavy (non-hydrogen) atoms. The minimum absolute atomic E-state index is 0.484. The van der Waals surface area contributed by atoms with E-state index in [1.54, 1.807) is 41.5 Å². The topological polar surface area (TPSA) is 93.1 Å². The number of hydrogen-bond acceptors (Lipinski definition) is 4. The molecule has 0 rings (SSSR count). The van der Waals surface area contributed by atoms with Gasteiger partial charge in [-0.3, -0.25) is 9.11 Å². The molecule has 0 spiro atoms. The number of carbonyl (C=O) groups excluding carboxylic acids is 1. The van der Waals surface area contributed by atoms with E-state index >= 15 is 0 Å². The van der Waals surface area contributed by atoms with Crippen molar-refractivity contribution in [1.82, 2.24) is 0 Å². The summed E-state index contributed by atoms with van der Waals surface area (Å²) < 4.78 is 32.7. The molecule has 0 saturated carbocycles. The molecule has 2 N–H and O–H groups in total. The quantitative estimate of drug-likeness (QED) is 0.510. The second kappa shape index (κ2) is 6.82. The van der Waals surface area contributed by atoms with Crippen LogP contribution < -0.4 is 0 Å². The van der Waals surface area contributed by atoms with Crippen LogP contribution in [0, 0.1) is 0 Å². The summed E-state index contributed by atoms with van der Waals surface area (Å²) in [6.45, 7) is 10.8. The summed E-state index contributed by atoms with van der Waals surface area (Å²) in [6.07, 6.45) is -0.616. The highest BCUT2D eigenvalue weighted by atomic mass is 32.2. The molecule has 6 nitrogen and oxygen atoms in total. The standard InChI is InChI=1S/C9H18O3.H2O3S/c1-8(2,3)11-7(10)12-9(4,5)6;1-4(2)3/h1-6H3;(H2,1,2,3). The summed E-state index contributed by atoms with van der Waals surface area (Å²) in [7, 11) is 0. The third-order valence-electron chi connectivity index (χ3n) is 0.779. The number of rotatable bonds is 0. The molecular weight excluding hydrogens is 236 g/mol.